The average Bonchev–Trinajstić information content (AvgIpc) is 2.99. The van der Waals surface area contributed by atoms with E-state index in [1.807, 2.05) is 24.3 Å². The molecule has 22 heavy (non-hydrogen) atoms. The molecule has 1 aromatic rings. The number of carbonyl (C=O) groups excluding carboxylic acids is 1. The number of hydrogen-bond donors (Lipinski definition) is 1. The first-order valence-electron chi connectivity index (χ1n) is 8.46. The molecule has 1 fully saturated rings. The molecular weight excluding hydrogens is 278 g/mol. The van der Waals surface area contributed by atoms with Crippen LogP contribution in [0, 0.1) is 5.92 Å². The van der Waals surface area contributed by atoms with Crippen molar-refractivity contribution < 1.29 is 14.3 Å². The fraction of sp³-hybridized carbons (Fsp3) is 0.611. The van der Waals surface area contributed by atoms with Crippen molar-refractivity contribution in [2.45, 2.75) is 57.6 Å². The minimum atomic E-state index is -0.540. The zero-order valence-corrected chi connectivity index (χ0v) is 13.2. The number of unbranched alkanes of at least 4 members (excludes halogenated alkanes) is 1. The fourth-order valence-electron chi connectivity index (χ4n) is 3.46. The molecule has 3 atom stereocenters. The number of ether oxygens (including phenoxy) is 2. The van der Waals surface area contributed by atoms with Crippen LogP contribution >= 0.6 is 0 Å². The first-order chi connectivity index (χ1) is 10.8. The number of benzene rings is 1. The largest absolute Gasteiger partial charge is 0.485 e. The van der Waals surface area contributed by atoms with Gasteiger partial charge in [-0.3, -0.25) is 4.79 Å². The van der Waals surface area contributed by atoms with Gasteiger partial charge in [0, 0.05) is 6.04 Å². The van der Waals surface area contributed by atoms with E-state index in [1.165, 1.54) is 32.1 Å². The van der Waals surface area contributed by atoms with Gasteiger partial charge in [0.05, 0.1) is 0 Å². The summed E-state index contributed by atoms with van der Waals surface area (Å²) >= 11 is 0. The molecule has 4 heteroatoms. The van der Waals surface area contributed by atoms with Crippen LogP contribution in [0.4, 0.5) is 0 Å². The van der Waals surface area contributed by atoms with E-state index in [9.17, 15) is 4.79 Å². The first kappa shape index (κ1) is 15.2. The summed E-state index contributed by atoms with van der Waals surface area (Å²) in [5, 5.41) is 3.19. The van der Waals surface area contributed by atoms with Gasteiger partial charge in [-0.05, 0) is 37.3 Å². The molecule has 0 bridgehead atoms. The highest BCUT2D eigenvalue weighted by Crippen LogP contribution is 2.32. The zero-order valence-electron chi connectivity index (χ0n) is 13.2. The predicted octanol–water partition coefficient (Wildman–Crippen LogP) is 3.30. The van der Waals surface area contributed by atoms with Gasteiger partial charge in [-0.2, -0.15) is 0 Å². The van der Waals surface area contributed by atoms with Crippen molar-refractivity contribution in [1.29, 1.82) is 0 Å². The number of hydrogen-bond acceptors (Lipinski definition) is 3. The Balaban J connectivity index is 1.56. The van der Waals surface area contributed by atoms with E-state index in [0.29, 0.717) is 23.5 Å². The van der Waals surface area contributed by atoms with Gasteiger partial charge in [0.15, 0.2) is 11.5 Å². The van der Waals surface area contributed by atoms with Crippen LogP contribution in [-0.2, 0) is 4.79 Å². The summed E-state index contributed by atoms with van der Waals surface area (Å²) in [4.78, 5) is 12.5. The molecule has 1 heterocycles. The molecule has 4 nitrogen and oxygen atoms in total. The number of fused-ring (bicyclic) bond motifs is 1. The Morgan fingerprint density at radius 1 is 1.27 bits per heavy atom. The molecule has 0 radical (unpaired) electrons. The molecule has 0 aromatic heterocycles. The lowest BCUT2D eigenvalue weighted by molar-refractivity contribution is -0.131. The highest BCUT2D eigenvalue weighted by atomic mass is 16.6. The van der Waals surface area contributed by atoms with E-state index >= 15 is 0 Å². The lowest BCUT2D eigenvalue weighted by Crippen LogP contribution is -2.48. The maximum absolute atomic E-state index is 12.5. The number of carbonyl (C=O) groups is 1. The third-order valence-electron chi connectivity index (χ3n) is 4.72. The van der Waals surface area contributed by atoms with Crippen LogP contribution in [-0.4, -0.2) is 24.7 Å². The van der Waals surface area contributed by atoms with Crippen LogP contribution in [0.3, 0.4) is 0 Å². The van der Waals surface area contributed by atoms with Gasteiger partial charge in [0.2, 0.25) is 6.10 Å². The third kappa shape index (κ3) is 3.37. The molecule has 0 saturated heterocycles. The second kappa shape index (κ2) is 7.03. The lowest BCUT2D eigenvalue weighted by Gasteiger charge is -2.28. The molecule has 1 amide bonds. The summed E-state index contributed by atoms with van der Waals surface area (Å²) in [6, 6.07) is 7.80. The number of para-hydroxylation sites is 2. The topological polar surface area (TPSA) is 47.6 Å². The molecule has 3 rings (SSSR count). The van der Waals surface area contributed by atoms with Crippen molar-refractivity contribution in [3.63, 3.8) is 0 Å². The van der Waals surface area contributed by atoms with Crippen LogP contribution in [0.1, 0.15) is 45.4 Å². The molecule has 1 aromatic carbocycles. The molecule has 1 aliphatic heterocycles. The van der Waals surface area contributed by atoms with Gasteiger partial charge in [-0.25, -0.2) is 0 Å². The normalized spacial score (nSPS) is 26.7. The van der Waals surface area contributed by atoms with Gasteiger partial charge in [0.25, 0.3) is 5.91 Å². The number of nitrogens with one attached hydrogen (secondary N) is 1. The van der Waals surface area contributed by atoms with E-state index < -0.39 is 6.10 Å². The SMILES string of the molecule is CCCCC1CCCC1NC(=O)C1COc2ccccc2O1. The minimum Gasteiger partial charge on any atom is -0.485 e. The van der Waals surface area contributed by atoms with Gasteiger partial charge < -0.3 is 14.8 Å². The fourth-order valence-corrected chi connectivity index (χ4v) is 3.46. The number of rotatable bonds is 5. The summed E-state index contributed by atoms with van der Waals surface area (Å²) in [7, 11) is 0. The Kier molecular flexibility index (Phi) is 4.86. The van der Waals surface area contributed by atoms with Crippen LogP contribution in [0.15, 0.2) is 24.3 Å². The summed E-state index contributed by atoms with van der Waals surface area (Å²) in [6.07, 6.45) is 6.67. The summed E-state index contributed by atoms with van der Waals surface area (Å²) in [5.74, 6) is 1.96. The quantitative estimate of drug-likeness (QED) is 0.908. The van der Waals surface area contributed by atoms with E-state index in [2.05, 4.69) is 12.2 Å². The van der Waals surface area contributed by atoms with Crippen LogP contribution in [0.5, 0.6) is 11.5 Å². The van der Waals surface area contributed by atoms with E-state index in [0.717, 1.165) is 6.42 Å². The summed E-state index contributed by atoms with van der Waals surface area (Å²) < 4.78 is 11.4. The number of amides is 1. The molecule has 2 aliphatic rings. The Bertz CT molecular complexity index is 517. The summed E-state index contributed by atoms with van der Waals surface area (Å²) in [5.41, 5.74) is 0. The first-order valence-corrected chi connectivity index (χ1v) is 8.46. The highest BCUT2D eigenvalue weighted by Gasteiger charge is 2.33. The Morgan fingerprint density at radius 2 is 2.09 bits per heavy atom. The van der Waals surface area contributed by atoms with Crippen LogP contribution < -0.4 is 14.8 Å². The van der Waals surface area contributed by atoms with Crippen molar-refractivity contribution in [2.24, 2.45) is 5.92 Å². The van der Waals surface area contributed by atoms with E-state index in [1.54, 1.807) is 0 Å². The molecule has 1 saturated carbocycles. The second-order valence-electron chi connectivity index (χ2n) is 6.31. The van der Waals surface area contributed by atoms with Gasteiger partial charge in [-0.1, -0.05) is 38.3 Å². The highest BCUT2D eigenvalue weighted by molar-refractivity contribution is 5.82. The van der Waals surface area contributed by atoms with Gasteiger partial charge >= 0.3 is 0 Å². The Morgan fingerprint density at radius 3 is 2.91 bits per heavy atom. The Hall–Kier alpha value is -1.71. The van der Waals surface area contributed by atoms with E-state index in [-0.39, 0.29) is 12.5 Å². The van der Waals surface area contributed by atoms with Crippen molar-refractivity contribution in [1.82, 2.24) is 5.32 Å². The Labute approximate surface area is 132 Å². The van der Waals surface area contributed by atoms with Crippen molar-refractivity contribution in [2.75, 3.05) is 6.61 Å². The maximum Gasteiger partial charge on any atom is 0.264 e. The second-order valence-corrected chi connectivity index (χ2v) is 6.31. The van der Waals surface area contributed by atoms with Crippen LogP contribution in [0.25, 0.3) is 0 Å². The molecule has 0 spiro atoms. The predicted molar refractivity (Wildman–Crippen MR) is 85.1 cm³/mol. The third-order valence-corrected chi connectivity index (χ3v) is 4.72. The van der Waals surface area contributed by atoms with E-state index in [4.69, 9.17) is 9.47 Å². The van der Waals surface area contributed by atoms with Crippen molar-refractivity contribution in [3.8, 4) is 11.5 Å². The van der Waals surface area contributed by atoms with Crippen LogP contribution in [0.2, 0.25) is 0 Å². The lowest BCUT2D eigenvalue weighted by atomic mass is 9.96. The molecular formula is C18H25NO3. The molecule has 1 N–H and O–H groups in total. The monoisotopic (exact) mass is 303 g/mol. The minimum absolute atomic E-state index is 0.0390. The van der Waals surface area contributed by atoms with Crippen molar-refractivity contribution in [3.05, 3.63) is 24.3 Å². The average molecular weight is 303 g/mol. The maximum atomic E-state index is 12.5. The molecule has 120 valence electrons. The van der Waals surface area contributed by atoms with Gasteiger partial charge in [-0.15, -0.1) is 0 Å². The smallest absolute Gasteiger partial charge is 0.264 e. The van der Waals surface area contributed by atoms with Crippen molar-refractivity contribution >= 4 is 5.91 Å². The standard InChI is InChI=1S/C18H25NO3/c1-2-3-7-13-8-6-9-14(13)19-18(20)17-12-21-15-10-4-5-11-16(15)22-17/h4-5,10-11,13-14,17H,2-3,6-9,12H2,1H3,(H,19,20). The molecule has 1 aliphatic carbocycles. The zero-order chi connectivity index (χ0) is 15.4. The van der Waals surface area contributed by atoms with Gasteiger partial charge in [0.1, 0.15) is 6.61 Å². The molecule has 3 unspecified atom stereocenters. The summed E-state index contributed by atoms with van der Waals surface area (Å²) in [6.45, 7) is 2.50.